The van der Waals surface area contributed by atoms with Crippen LogP contribution < -0.4 is 5.32 Å². The van der Waals surface area contributed by atoms with E-state index in [1.165, 1.54) is 32.6 Å². The quantitative estimate of drug-likeness (QED) is 0.708. The molecule has 2 atom stereocenters. The predicted octanol–water partition coefficient (Wildman–Crippen LogP) is 1.40. The normalized spacial score (nSPS) is 26.1. The summed E-state index contributed by atoms with van der Waals surface area (Å²) in [6, 6.07) is 1.36. The third-order valence-electron chi connectivity index (χ3n) is 3.69. The van der Waals surface area contributed by atoms with Crippen molar-refractivity contribution in [3.8, 4) is 0 Å². The minimum atomic E-state index is 0.652. The third kappa shape index (κ3) is 5.84. The summed E-state index contributed by atoms with van der Waals surface area (Å²) >= 11 is 0. The van der Waals surface area contributed by atoms with Crippen LogP contribution in [0.2, 0.25) is 0 Å². The smallest absolute Gasteiger partial charge is 0.0909 e. The summed E-state index contributed by atoms with van der Waals surface area (Å²) in [5.74, 6) is 0.854. The Balaban J connectivity index is 2.38. The summed E-state index contributed by atoms with van der Waals surface area (Å²) in [5.41, 5.74) is 0. The van der Waals surface area contributed by atoms with E-state index in [1.807, 2.05) is 0 Å². The first-order valence-electron chi connectivity index (χ1n) is 7.06. The molecule has 2 unspecified atom stereocenters. The lowest BCUT2D eigenvalue weighted by Crippen LogP contribution is -2.47. The molecule has 0 bridgehead atoms. The van der Waals surface area contributed by atoms with E-state index >= 15 is 0 Å². The van der Waals surface area contributed by atoms with Gasteiger partial charge in [0.15, 0.2) is 0 Å². The number of hydrogen-bond donors (Lipinski definition) is 1. The SMILES string of the molecule is CC1CNC(CN(CC[N+](C)(C)C)C(C)C)C1. The maximum Gasteiger partial charge on any atom is 0.0909 e. The average Bonchev–Trinajstić information content (AvgIpc) is 2.56. The van der Waals surface area contributed by atoms with Crippen molar-refractivity contribution in [3.63, 3.8) is 0 Å². The van der Waals surface area contributed by atoms with Crippen LogP contribution in [-0.2, 0) is 0 Å². The number of nitrogens with zero attached hydrogens (tertiary/aromatic N) is 2. The molecular formula is C14H32N3+. The van der Waals surface area contributed by atoms with Crippen molar-refractivity contribution in [2.45, 2.75) is 39.3 Å². The fraction of sp³-hybridized carbons (Fsp3) is 1.00. The zero-order valence-corrected chi connectivity index (χ0v) is 12.7. The molecule has 1 saturated heterocycles. The molecule has 1 rings (SSSR count). The highest BCUT2D eigenvalue weighted by Gasteiger charge is 2.24. The van der Waals surface area contributed by atoms with Gasteiger partial charge in [0.25, 0.3) is 0 Å². The summed E-state index contributed by atoms with van der Waals surface area (Å²) in [4.78, 5) is 2.62. The maximum atomic E-state index is 3.64. The number of nitrogens with one attached hydrogen (secondary N) is 1. The fourth-order valence-electron chi connectivity index (χ4n) is 2.43. The van der Waals surface area contributed by atoms with E-state index in [4.69, 9.17) is 0 Å². The monoisotopic (exact) mass is 242 g/mol. The minimum Gasteiger partial charge on any atom is -0.330 e. The van der Waals surface area contributed by atoms with Crippen LogP contribution in [0.1, 0.15) is 27.2 Å². The van der Waals surface area contributed by atoms with Crippen LogP contribution in [0.3, 0.4) is 0 Å². The first-order valence-corrected chi connectivity index (χ1v) is 7.06. The van der Waals surface area contributed by atoms with Crippen LogP contribution in [-0.4, -0.2) is 68.8 Å². The summed E-state index contributed by atoms with van der Waals surface area (Å²) in [7, 11) is 6.82. The van der Waals surface area contributed by atoms with Crippen LogP contribution >= 0.6 is 0 Å². The number of quaternary nitrogens is 1. The van der Waals surface area contributed by atoms with Crippen molar-refractivity contribution >= 4 is 0 Å². The van der Waals surface area contributed by atoms with Crippen molar-refractivity contribution in [2.24, 2.45) is 5.92 Å². The highest BCUT2D eigenvalue weighted by atomic mass is 15.3. The Morgan fingerprint density at radius 1 is 1.29 bits per heavy atom. The molecule has 3 heteroatoms. The molecule has 1 aliphatic heterocycles. The highest BCUT2D eigenvalue weighted by molar-refractivity contribution is 4.82. The molecule has 1 fully saturated rings. The summed E-state index contributed by atoms with van der Waals surface area (Å²) in [5, 5.41) is 3.64. The molecule has 17 heavy (non-hydrogen) atoms. The van der Waals surface area contributed by atoms with E-state index in [0.29, 0.717) is 12.1 Å². The van der Waals surface area contributed by atoms with Crippen molar-refractivity contribution in [1.82, 2.24) is 10.2 Å². The first-order chi connectivity index (χ1) is 7.78. The van der Waals surface area contributed by atoms with E-state index < -0.39 is 0 Å². The van der Waals surface area contributed by atoms with Gasteiger partial charge >= 0.3 is 0 Å². The molecule has 1 heterocycles. The van der Waals surface area contributed by atoms with E-state index in [0.717, 1.165) is 10.4 Å². The first kappa shape index (κ1) is 14.9. The predicted molar refractivity (Wildman–Crippen MR) is 75.2 cm³/mol. The maximum absolute atomic E-state index is 3.64. The highest BCUT2D eigenvalue weighted by Crippen LogP contribution is 2.15. The summed E-state index contributed by atoms with van der Waals surface area (Å²) < 4.78 is 1.05. The molecule has 0 aliphatic carbocycles. The minimum absolute atomic E-state index is 0.652. The fourth-order valence-corrected chi connectivity index (χ4v) is 2.43. The topological polar surface area (TPSA) is 15.3 Å². The molecule has 0 spiro atoms. The second kappa shape index (κ2) is 6.17. The Kier molecular flexibility index (Phi) is 5.42. The number of likely N-dealkylation sites (N-methyl/N-ethyl adjacent to an activating group) is 1. The average molecular weight is 242 g/mol. The second-order valence-electron chi connectivity index (χ2n) is 7.05. The number of rotatable bonds is 6. The Bertz CT molecular complexity index is 220. The Labute approximate surface area is 108 Å². The van der Waals surface area contributed by atoms with Gasteiger partial charge in [0, 0.05) is 25.2 Å². The van der Waals surface area contributed by atoms with Gasteiger partial charge in [-0.1, -0.05) is 6.92 Å². The van der Waals surface area contributed by atoms with E-state index in [-0.39, 0.29) is 0 Å². The third-order valence-corrected chi connectivity index (χ3v) is 3.69. The van der Waals surface area contributed by atoms with E-state index in [9.17, 15) is 0 Å². The lowest BCUT2D eigenvalue weighted by Gasteiger charge is -2.32. The molecular weight excluding hydrogens is 210 g/mol. The molecule has 0 radical (unpaired) electrons. The van der Waals surface area contributed by atoms with Crippen molar-refractivity contribution in [2.75, 3.05) is 47.3 Å². The lowest BCUT2D eigenvalue weighted by molar-refractivity contribution is -0.869. The zero-order chi connectivity index (χ0) is 13.1. The van der Waals surface area contributed by atoms with Crippen LogP contribution in [0, 0.1) is 5.92 Å². The summed E-state index contributed by atoms with van der Waals surface area (Å²) in [6.07, 6.45) is 1.34. The van der Waals surface area contributed by atoms with Gasteiger partial charge < -0.3 is 9.80 Å². The standard InChI is InChI=1S/C14H32N3/c1-12(2)16(7-8-17(4,5)6)11-14-9-13(3)10-15-14/h12-15H,7-11H2,1-6H3/q+1. The molecule has 0 amide bonds. The van der Waals surface area contributed by atoms with E-state index in [1.54, 1.807) is 0 Å². The molecule has 1 aliphatic rings. The number of hydrogen-bond acceptors (Lipinski definition) is 2. The van der Waals surface area contributed by atoms with Crippen LogP contribution in [0.25, 0.3) is 0 Å². The van der Waals surface area contributed by atoms with Gasteiger partial charge in [-0.25, -0.2) is 0 Å². The van der Waals surface area contributed by atoms with Gasteiger partial charge in [-0.3, -0.25) is 4.90 Å². The van der Waals surface area contributed by atoms with E-state index in [2.05, 4.69) is 52.1 Å². The van der Waals surface area contributed by atoms with Crippen LogP contribution in [0.15, 0.2) is 0 Å². The van der Waals surface area contributed by atoms with Crippen molar-refractivity contribution < 1.29 is 4.48 Å². The van der Waals surface area contributed by atoms with Crippen molar-refractivity contribution in [3.05, 3.63) is 0 Å². The molecule has 1 N–H and O–H groups in total. The largest absolute Gasteiger partial charge is 0.330 e. The van der Waals surface area contributed by atoms with Gasteiger partial charge in [0.1, 0.15) is 0 Å². The molecule has 0 aromatic rings. The zero-order valence-electron chi connectivity index (χ0n) is 12.7. The van der Waals surface area contributed by atoms with Crippen LogP contribution in [0.5, 0.6) is 0 Å². The molecule has 0 aromatic carbocycles. The van der Waals surface area contributed by atoms with Gasteiger partial charge in [-0.15, -0.1) is 0 Å². The second-order valence-corrected chi connectivity index (χ2v) is 7.05. The van der Waals surface area contributed by atoms with Gasteiger partial charge in [-0.2, -0.15) is 0 Å². The molecule has 102 valence electrons. The lowest BCUT2D eigenvalue weighted by atomic mass is 10.1. The van der Waals surface area contributed by atoms with Gasteiger partial charge in [0.2, 0.25) is 0 Å². The summed E-state index contributed by atoms with van der Waals surface area (Å²) in [6.45, 7) is 11.8. The van der Waals surface area contributed by atoms with Crippen molar-refractivity contribution in [1.29, 1.82) is 0 Å². The molecule has 3 nitrogen and oxygen atoms in total. The Morgan fingerprint density at radius 3 is 2.35 bits per heavy atom. The van der Waals surface area contributed by atoms with Gasteiger partial charge in [0.05, 0.1) is 27.7 Å². The molecule has 0 aromatic heterocycles. The molecule has 0 saturated carbocycles. The Morgan fingerprint density at radius 2 is 1.94 bits per heavy atom. The Hall–Kier alpha value is -0.120. The van der Waals surface area contributed by atoms with Crippen LogP contribution in [0.4, 0.5) is 0 Å². The van der Waals surface area contributed by atoms with Gasteiger partial charge in [-0.05, 0) is 32.7 Å².